The maximum atomic E-state index is 12.3. The fourth-order valence-corrected chi connectivity index (χ4v) is 2.52. The van der Waals surface area contributed by atoms with Crippen LogP contribution in [0.15, 0.2) is 60.9 Å². The Balaban J connectivity index is 1.40. The minimum Gasteiger partial charge on any atom is -0.454 e. The van der Waals surface area contributed by atoms with Crippen LogP contribution in [-0.2, 0) is 6.54 Å². The molecule has 0 saturated heterocycles. The molecule has 0 saturated carbocycles. The minimum absolute atomic E-state index is 0.174. The Morgan fingerprint density at radius 1 is 1.00 bits per heavy atom. The number of rotatable bonds is 4. The average molecular weight is 333 g/mol. The van der Waals surface area contributed by atoms with Crippen molar-refractivity contribution >= 4 is 5.91 Å². The predicted octanol–water partition coefficient (Wildman–Crippen LogP) is 2.80. The van der Waals surface area contributed by atoms with Crippen LogP contribution in [0.2, 0.25) is 0 Å². The molecular weight excluding hydrogens is 318 g/mol. The third-order valence-corrected chi connectivity index (χ3v) is 3.84. The van der Waals surface area contributed by atoms with Crippen molar-refractivity contribution in [2.75, 3.05) is 6.79 Å². The predicted molar refractivity (Wildman–Crippen MR) is 91.2 cm³/mol. The summed E-state index contributed by atoms with van der Waals surface area (Å²) in [7, 11) is 0. The normalized spacial score (nSPS) is 12.0. The second-order valence-corrected chi connectivity index (χ2v) is 5.52. The molecule has 3 aromatic rings. The molecule has 6 heteroatoms. The summed E-state index contributed by atoms with van der Waals surface area (Å²) in [4.78, 5) is 20.9. The van der Waals surface area contributed by atoms with Crippen molar-refractivity contribution in [1.82, 2.24) is 15.3 Å². The standard InChI is InChI=1S/C19H15N3O3/c23-19(14-5-7-17-18(9-14)25-12-24-17)22-11-13-4-6-16(21-10-13)15-3-1-2-8-20-15/h1-10H,11-12H2,(H,22,23). The number of hydrogen-bond donors (Lipinski definition) is 1. The summed E-state index contributed by atoms with van der Waals surface area (Å²) in [6, 6.07) is 14.6. The highest BCUT2D eigenvalue weighted by molar-refractivity contribution is 5.94. The van der Waals surface area contributed by atoms with Crippen LogP contribution in [0.3, 0.4) is 0 Å². The molecule has 1 aliphatic rings. The van der Waals surface area contributed by atoms with E-state index in [1.165, 1.54) is 0 Å². The van der Waals surface area contributed by atoms with E-state index in [9.17, 15) is 4.79 Å². The summed E-state index contributed by atoms with van der Waals surface area (Å²) in [6.07, 6.45) is 3.47. The molecule has 1 aliphatic heterocycles. The lowest BCUT2D eigenvalue weighted by Gasteiger charge is -2.07. The second-order valence-electron chi connectivity index (χ2n) is 5.52. The highest BCUT2D eigenvalue weighted by Crippen LogP contribution is 2.32. The van der Waals surface area contributed by atoms with Crippen molar-refractivity contribution in [1.29, 1.82) is 0 Å². The van der Waals surface area contributed by atoms with E-state index in [2.05, 4.69) is 15.3 Å². The highest BCUT2D eigenvalue weighted by atomic mass is 16.7. The summed E-state index contributed by atoms with van der Waals surface area (Å²) in [6.45, 7) is 0.581. The van der Waals surface area contributed by atoms with Crippen molar-refractivity contribution in [2.45, 2.75) is 6.54 Å². The molecule has 1 N–H and O–H groups in total. The molecule has 2 aromatic heterocycles. The molecule has 124 valence electrons. The second kappa shape index (κ2) is 6.60. The molecule has 25 heavy (non-hydrogen) atoms. The summed E-state index contributed by atoms with van der Waals surface area (Å²) < 4.78 is 10.5. The number of fused-ring (bicyclic) bond motifs is 1. The van der Waals surface area contributed by atoms with Crippen LogP contribution in [0.4, 0.5) is 0 Å². The van der Waals surface area contributed by atoms with Gasteiger partial charge in [-0.1, -0.05) is 12.1 Å². The lowest BCUT2D eigenvalue weighted by Crippen LogP contribution is -2.22. The first-order valence-corrected chi connectivity index (χ1v) is 7.84. The van der Waals surface area contributed by atoms with Crippen LogP contribution in [0.1, 0.15) is 15.9 Å². The van der Waals surface area contributed by atoms with Gasteiger partial charge in [-0.3, -0.25) is 14.8 Å². The first-order valence-electron chi connectivity index (χ1n) is 7.84. The van der Waals surface area contributed by atoms with Crippen LogP contribution in [0.5, 0.6) is 11.5 Å². The van der Waals surface area contributed by atoms with E-state index in [1.54, 1.807) is 30.6 Å². The Bertz CT molecular complexity index is 896. The van der Waals surface area contributed by atoms with Gasteiger partial charge in [0.1, 0.15) is 0 Å². The van der Waals surface area contributed by atoms with E-state index in [-0.39, 0.29) is 12.7 Å². The zero-order valence-corrected chi connectivity index (χ0v) is 13.3. The van der Waals surface area contributed by atoms with Crippen molar-refractivity contribution in [3.05, 3.63) is 72.1 Å². The Hall–Kier alpha value is -3.41. The van der Waals surface area contributed by atoms with Crippen LogP contribution in [0.25, 0.3) is 11.4 Å². The number of aromatic nitrogens is 2. The summed E-state index contributed by atoms with van der Waals surface area (Å²) in [5.41, 5.74) is 3.06. The third-order valence-electron chi connectivity index (χ3n) is 3.84. The van der Waals surface area contributed by atoms with E-state index >= 15 is 0 Å². The van der Waals surface area contributed by atoms with Gasteiger partial charge in [-0.2, -0.15) is 0 Å². The van der Waals surface area contributed by atoms with Gasteiger partial charge in [-0.15, -0.1) is 0 Å². The number of hydrogen-bond acceptors (Lipinski definition) is 5. The maximum absolute atomic E-state index is 12.3. The molecule has 0 spiro atoms. The number of nitrogens with one attached hydrogen (secondary N) is 1. The molecule has 6 nitrogen and oxygen atoms in total. The van der Waals surface area contributed by atoms with Gasteiger partial charge in [0.15, 0.2) is 11.5 Å². The van der Waals surface area contributed by atoms with Crippen molar-refractivity contribution in [3.8, 4) is 22.9 Å². The van der Waals surface area contributed by atoms with E-state index in [1.807, 2.05) is 30.3 Å². The first-order chi connectivity index (χ1) is 12.3. The van der Waals surface area contributed by atoms with Crippen LogP contribution >= 0.6 is 0 Å². The Morgan fingerprint density at radius 2 is 1.88 bits per heavy atom. The molecule has 3 heterocycles. The Kier molecular flexibility index (Phi) is 4.00. The maximum Gasteiger partial charge on any atom is 0.251 e. The smallest absolute Gasteiger partial charge is 0.251 e. The number of ether oxygens (including phenoxy) is 2. The molecule has 4 rings (SSSR count). The monoisotopic (exact) mass is 333 g/mol. The van der Waals surface area contributed by atoms with Gasteiger partial charge < -0.3 is 14.8 Å². The van der Waals surface area contributed by atoms with Crippen molar-refractivity contribution in [3.63, 3.8) is 0 Å². The highest BCUT2D eigenvalue weighted by Gasteiger charge is 2.16. The summed E-state index contributed by atoms with van der Waals surface area (Å²) in [5.74, 6) is 1.08. The molecule has 1 amide bonds. The molecule has 0 bridgehead atoms. The first kappa shape index (κ1) is 15.1. The summed E-state index contributed by atoms with van der Waals surface area (Å²) in [5, 5.41) is 2.87. The fourth-order valence-electron chi connectivity index (χ4n) is 2.52. The van der Waals surface area contributed by atoms with E-state index in [4.69, 9.17) is 9.47 Å². The van der Waals surface area contributed by atoms with Crippen LogP contribution in [0, 0.1) is 0 Å². The molecule has 0 atom stereocenters. The topological polar surface area (TPSA) is 73.3 Å². The number of carbonyl (C=O) groups excluding carboxylic acids is 1. The van der Waals surface area contributed by atoms with Gasteiger partial charge in [-0.25, -0.2) is 0 Å². The molecule has 0 fully saturated rings. The van der Waals surface area contributed by atoms with Gasteiger partial charge >= 0.3 is 0 Å². The molecule has 0 unspecified atom stereocenters. The third kappa shape index (κ3) is 3.28. The SMILES string of the molecule is O=C(NCc1ccc(-c2ccccn2)nc1)c1ccc2c(c1)OCO2. The fraction of sp³-hybridized carbons (Fsp3) is 0.105. The zero-order chi connectivity index (χ0) is 17.1. The zero-order valence-electron chi connectivity index (χ0n) is 13.3. The Morgan fingerprint density at radius 3 is 2.68 bits per heavy atom. The minimum atomic E-state index is -0.174. The van der Waals surface area contributed by atoms with Gasteiger partial charge in [0.2, 0.25) is 6.79 Å². The van der Waals surface area contributed by atoms with Crippen LogP contribution < -0.4 is 14.8 Å². The number of nitrogens with zero attached hydrogens (tertiary/aromatic N) is 2. The van der Waals surface area contributed by atoms with Crippen molar-refractivity contribution < 1.29 is 14.3 Å². The van der Waals surface area contributed by atoms with Gasteiger partial charge in [0.05, 0.1) is 11.4 Å². The number of benzene rings is 1. The molecule has 0 radical (unpaired) electrons. The summed E-state index contributed by atoms with van der Waals surface area (Å²) >= 11 is 0. The lowest BCUT2D eigenvalue weighted by molar-refractivity contribution is 0.0950. The van der Waals surface area contributed by atoms with E-state index in [0.29, 0.717) is 23.6 Å². The largest absolute Gasteiger partial charge is 0.454 e. The van der Waals surface area contributed by atoms with Crippen molar-refractivity contribution in [2.24, 2.45) is 0 Å². The molecule has 1 aromatic carbocycles. The van der Waals surface area contributed by atoms with Gasteiger partial charge in [0.25, 0.3) is 5.91 Å². The molecular formula is C19H15N3O3. The Labute approximate surface area is 144 Å². The number of carbonyl (C=O) groups is 1. The number of pyridine rings is 2. The number of amides is 1. The average Bonchev–Trinajstić information content (AvgIpc) is 3.15. The van der Waals surface area contributed by atoms with Gasteiger partial charge in [-0.05, 0) is 42.0 Å². The van der Waals surface area contributed by atoms with E-state index < -0.39 is 0 Å². The van der Waals surface area contributed by atoms with E-state index in [0.717, 1.165) is 17.0 Å². The van der Waals surface area contributed by atoms with Crippen LogP contribution in [-0.4, -0.2) is 22.7 Å². The molecule has 0 aliphatic carbocycles. The van der Waals surface area contributed by atoms with Gasteiger partial charge in [0, 0.05) is 24.5 Å². The quantitative estimate of drug-likeness (QED) is 0.795. The lowest BCUT2D eigenvalue weighted by atomic mass is 10.1.